The number of allylic oxidation sites excluding steroid dienone is 7. The van der Waals surface area contributed by atoms with E-state index < -0.39 is 0 Å². The highest BCUT2D eigenvalue weighted by atomic mass is 16.5. The Balaban J connectivity index is 1.81. The van der Waals surface area contributed by atoms with E-state index in [1.165, 1.54) is 37.7 Å². The van der Waals surface area contributed by atoms with Gasteiger partial charge >= 0.3 is 0 Å². The maximum Gasteiger partial charge on any atom is 0.0958 e. The Bertz CT molecular complexity index is 661. The Labute approximate surface area is 141 Å². The fourth-order valence-electron chi connectivity index (χ4n) is 6.11. The molecule has 1 fully saturated rings. The molecule has 4 rings (SSSR count). The van der Waals surface area contributed by atoms with Crippen LogP contribution in [-0.4, -0.2) is 7.11 Å². The molecule has 4 aliphatic rings. The summed E-state index contributed by atoms with van der Waals surface area (Å²) >= 11 is 0. The molecule has 0 spiro atoms. The van der Waals surface area contributed by atoms with Crippen LogP contribution in [0.1, 0.15) is 59.3 Å². The zero-order valence-corrected chi connectivity index (χ0v) is 15.2. The third-order valence-electron chi connectivity index (χ3n) is 7.67. The first-order valence-corrected chi connectivity index (χ1v) is 9.24. The van der Waals surface area contributed by atoms with Crippen molar-refractivity contribution in [3.05, 3.63) is 46.8 Å². The first kappa shape index (κ1) is 15.3. The summed E-state index contributed by atoms with van der Waals surface area (Å²) in [4.78, 5) is 0. The minimum absolute atomic E-state index is 0.236. The van der Waals surface area contributed by atoms with Gasteiger partial charge in [0.25, 0.3) is 0 Å². The molecule has 1 nitrogen and oxygen atoms in total. The summed E-state index contributed by atoms with van der Waals surface area (Å²) in [5, 5.41) is 0. The van der Waals surface area contributed by atoms with Crippen molar-refractivity contribution < 1.29 is 4.74 Å². The van der Waals surface area contributed by atoms with E-state index in [2.05, 4.69) is 39.5 Å². The predicted octanol–water partition coefficient (Wildman–Crippen LogP) is 5.96. The summed E-state index contributed by atoms with van der Waals surface area (Å²) in [5.41, 5.74) is 6.96. The van der Waals surface area contributed by atoms with Crippen LogP contribution >= 0.6 is 0 Å². The van der Waals surface area contributed by atoms with E-state index in [1.54, 1.807) is 16.7 Å². The van der Waals surface area contributed by atoms with Gasteiger partial charge in [0, 0.05) is 11.8 Å². The van der Waals surface area contributed by atoms with Crippen molar-refractivity contribution in [2.45, 2.75) is 59.3 Å². The smallest absolute Gasteiger partial charge is 0.0958 e. The summed E-state index contributed by atoms with van der Waals surface area (Å²) in [6.45, 7) is 11.7. The SMILES string of the molecule is C=C1CCC2C3CC(C)=C4C=C(OC)CCC4(C)C3=CCC12C. The average Bonchev–Trinajstić information content (AvgIpc) is 2.83. The summed E-state index contributed by atoms with van der Waals surface area (Å²) in [7, 11) is 1.81. The van der Waals surface area contributed by atoms with Gasteiger partial charge in [0.1, 0.15) is 0 Å². The first-order valence-electron chi connectivity index (χ1n) is 9.24. The molecule has 0 amide bonds. The summed E-state index contributed by atoms with van der Waals surface area (Å²) in [6, 6.07) is 0. The molecule has 1 heteroatoms. The lowest BCUT2D eigenvalue weighted by Gasteiger charge is -2.52. The minimum atomic E-state index is 0.236. The van der Waals surface area contributed by atoms with Crippen molar-refractivity contribution in [2.24, 2.45) is 22.7 Å². The van der Waals surface area contributed by atoms with Crippen molar-refractivity contribution >= 4 is 0 Å². The Morgan fingerprint density at radius 1 is 1.26 bits per heavy atom. The molecule has 0 radical (unpaired) electrons. The van der Waals surface area contributed by atoms with Gasteiger partial charge in [0.15, 0.2) is 0 Å². The van der Waals surface area contributed by atoms with Crippen LogP contribution < -0.4 is 0 Å². The molecule has 23 heavy (non-hydrogen) atoms. The van der Waals surface area contributed by atoms with E-state index in [-0.39, 0.29) is 5.41 Å². The van der Waals surface area contributed by atoms with Crippen LogP contribution in [0.4, 0.5) is 0 Å². The molecule has 0 aromatic rings. The molecular weight excluding hydrogens is 280 g/mol. The molecule has 0 saturated heterocycles. The Hall–Kier alpha value is -1.24. The quantitative estimate of drug-likeness (QED) is 0.543. The van der Waals surface area contributed by atoms with Crippen LogP contribution in [0.5, 0.6) is 0 Å². The topological polar surface area (TPSA) is 9.23 Å². The summed E-state index contributed by atoms with van der Waals surface area (Å²) in [6.07, 6.45) is 12.2. The van der Waals surface area contributed by atoms with Crippen molar-refractivity contribution in [2.75, 3.05) is 7.11 Å². The van der Waals surface area contributed by atoms with Crippen molar-refractivity contribution in [1.29, 1.82) is 0 Å². The average molecular weight is 310 g/mol. The number of hydrogen-bond donors (Lipinski definition) is 0. The molecular formula is C22H30O. The molecule has 0 N–H and O–H groups in total. The number of methoxy groups -OCH3 is 1. The lowest BCUT2D eigenvalue weighted by molar-refractivity contribution is 0.155. The molecule has 0 aromatic carbocycles. The maximum absolute atomic E-state index is 5.56. The van der Waals surface area contributed by atoms with Crippen LogP contribution in [0, 0.1) is 22.7 Å². The Kier molecular flexibility index (Phi) is 3.25. The third-order valence-corrected chi connectivity index (χ3v) is 7.67. The van der Waals surface area contributed by atoms with E-state index >= 15 is 0 Å². The number of ether oxygens (including phenoxy) is 1. The third kappa shape index (κ3) is 1.92. The van der Waals surface area contributed by atoms with Gasteiger partial charge in [0.05, 0.1) is 12.9 Å². The monoisotopic (exact) mass is 310 g/mol. The fourth-order valence-corrected chi connectivity index (χ4v) is 6.11. The zero-order chi connectivity index (χ0) is 16.4. The second-order valence-electron chi connectivity index (χ2n) is 8.68. The number of fused-ring (bicyclic) bond motifs is 5. The van der Waals surface area contributed by atoms with Gasteiger partial charge in [-0.05, 0) is 67.9 Å². The van der Waals surface area contributed by atoms with Gasteiger partial charge < -0.3 is 4.74 Å². The first-order chi connectivity index (χ1) is 10.9. The molecule has 1 saturated carbocycles. The second-order valence-corrected chi connectivity index (χ2v) is 8.68. The summed E-state index contributed by atoms with van der Waals surface area (Å²) < 4.78 is 5.56. The normalized spacial score (nSPS) is 42.5. The lowest BCUT2D eigenvalue weighted by Crippen LogP contribution is -2.42. The molecule has 124 valence electrons. The van der Waals surface area contributed by atoms with Crippen LogP contribution in [-0.2, 0) is 4.74 Å². The summed E-state index contributed by atoms with van der Waals surface area (Å²) in [5.74, 6) is 2.70. The largest absolute Gasteiger partial charge is 0.501 e. The Morgan fingerprint density at radius 2 is 2.04 bits per heavy atom. The van der Waals surface area contributed by atoms with Crippen molar-refractivity contribution in [1.82, 2.24) is 0 Å². The van der Waals surface area contributed by atoms with E-state index in [0.717, 1.165) is 24.0 Å². The predicted molar refractivity (Wildman–Crippen MR) is 95.9 cm³/mol. The van der Waals surface area contributed by atoms with E-state index in [0.29, 0.717) is 5.41 Å². The molecule has 0 aliphatic heterocycles. The van der Waals surface area contributed by atoms with Gasteiger partial charge in [-0.3, -0.25) is 0 Å². The van der Waals surface area contributed by atoms with Crippen LogP contribution in [0.2, 0.25) is 0 Å². The minimum Gasteiger partial charge on any atom is -0.501 e. The lowest BCUT2D eigenvalue weighted by atomic mass is 9.52. The number of rotatable bonds is 1. The van der Waals surface area contributed by atoms with E-state index in [4.69, 9.17) is 4.74 Å². The van der Waals surface area contributed by atoms with Crippen molar-refractivity contribution in [3.63, 3.8) is 0 Å². The fraction of sp³-hybridized carbons (Fsp3) is 0.636. The van der Waals surface area contributed by atoms with Crippen LogP contribution in [0.15, 0.2) is 46.8 Å². The van der Waals surface area contributed by atoms with Gasteiger partial charge in [0.2, 0.25) is 0 Å². The molecule has 0 aromatic heterocycles. The highest BCUT2D eigenvalue weighted by Crippen LogP contribution is 2.64. The molecule has 4 aliphatic carbocycles. The second kappa shape index (κ2) is 4.88. The maximum atomic E-state index is 5.56. The molecule has 0 bridgehead atoms. The van der Waals surface area contributed by atoms with E-state index in [9.17, 15) is 0 Å². The van der Waals surface area contributed by atoms with Gasteiger partial charge in [-0.15, -0.1) is 0 Å². The Morgan fingerprint density at radius 3 is 2.78 bits per heavy atom. The van der Waals surface area contributed by atoms with E-state index in [1.807, 2.05) is 7.11 Å². The van der Waals surface area contributed by atoms with Crippen molar-refractivity contribution in [3.8, 4) is 0 Å². The number of hydrogen-bond acceptors (Lipinski definition) is 1. The zero-order valence-electron chi connectivity index (χ0n) is 15.2. The molecule has 0 heterocycles. The van der Waals surface area contributed by atoms with Gasteiger partial charge in [-0.1, -0.05) is 43.2 Å². The van der Waals surface area contributed by atoms with Crippen LogP contribution in [0.25, 0.3) is 0 Å². The standard InChI is InChI=1S/C22H30O/c1-14-12-17-18-7-6-15(2)21(18,3)11-9-19(17)22(4)10-8-16(23-5)13-20(14)22/h9,13,17-18H,2,6-8,10-12H2,1,3-5H3. The van der Waals surface area contributed by atoms with Gasteiger partial charge in [-0.2, -0.15) is 0 Å². The van der Waals surface area contributed by atoms with Gasteiger partial charge in [-0.25, -0.2) is 0 Å². The van der Waals surface area contributed by atoms with Crippen LogP contribution in [0.3, 0.4) is 0 Å². The highest BCUT2D eigenvalue weighted by molar-refractivity contribution is 5.48. The highest BCUT2D eigenvalue weighted by Gasteiger charge is 2.53. The molecule has 4 unspecified atom stereocenters. The molecule has 4 atom stereocenters.